The van der Waals surface area contributed by atoms with Gasteiger partial charge in [-0.1, -0.05) is 0 Å². The van der Waals surface area contributed by atoms with Crippen molar-refractivity contribution in [3.05, 3.63) is 48.5 Å². The summed E-state index contributed by atoms with van der Waals surface area (Å²) >= 11 is 0. The van der Waals surface area contributed by atoms with Gasteiger partial charge in [-0.3, -0.25) is 9.69 Å². The van der Waals surface area contributed by atoms with Crippen LogP contribution in [0, 0.1) is 0 Å². The van der Waals surface area contributed by atoms with Crippen LogP contribution in [-0.2, 0) is 15.0 Å². The zero-order chi connectivity index (χ0) is 22.8. The maximum Gasteiger partial charge on any atom is 0.332 e. The van der Waals surface area contributed by atoms with Crippen molar-refractivity contribution in [2.45, 2.75) is 24.4 Å². The molecule has 0 spiro atoms. The number of rotatable bonds is 6. The number of aliphatic imine (C=N–C) groups is 2. The summed E-state index contributed by atoms with van der Waals surface area (Å²) in [5, 5.41) is 2.53. The lowest BCUT2D eigenvalue weighted by Crippen LogP contribution is -2.54. The first-order valence-electron chi connectivity index (χ1n) is 9.03. The quantitative estimate of drug-likeness (QED) is 0.567. The largest absolute Gasteiger partial charge is 0.484 e. The topological polar surface area (TPSA) is 152 Å². The second-order valence-corrected chi connectivity index (χ2v) is 8.41. The Morgan fingerprint density at radius 3 is 2.29 bits per heavy atom. The van der Waals surface area contributed by atoms with Crippen molar-refractivity contribution < 1.29 is 21.8 Å². The molecule has 3 rings (SSSR count). The lowest BCUT2D eigenvalue weighted by atomic mass is 10.1. The van der Waals surface area contributed by atoms with E-state index in [1.807, 2.05) is 13.8 Å². The van der Waals surface area contributed by atoms with Crippen molar-refractivity contribution in [1.29, 1.82) is 0 Å². The van der Waals surface area contributed by atoms with Crippen LogP contribution in [0.2, 0.25) is 0 Å². The molecule has 0 saturated heterocycles. The molecule has 2 aromatic carbocycles. The lowest BCUT2D eigenvalue weighted by molar-refractivity contribution is -0.118. The van der Waals surface area contributed by atoms with Crippen LogP contribution in [0.25, 0.3) is 0 Å². The van der Waals surface area contributed by atoms with Gasteiger partial charge in [-0.2, -0.15) is 13.4 Å². The summed E-state index contributed by atoms with van der Waals surface area (Å²) in [5.74, 6) is 0.271. The van der Waals surface area contributed by atoms with Gasteiger partial charge in [0.1, 0.15) is 11.4 Å². The number of carbonyl (C=O) groups is 1. The summed E-state index contributed by atoms with van der Waals surface area (Å²) in [6.07, 6.45) is 0. The highest BCUT2D eigenvalue weighted by Gasteiger charge is 2.32. The second-order valence-electron chi connectivity index (χ2n) is 7.06. The van der Waals surface area contributed by atoms with Gasteiger partial charge < -0.3 is 21.5 Å². The fraction of sp³-hybridized carbons (Fsp3) is 0.211. The fourth-order valence-electron chi connectivity index (χ4n) is 2.99. The molecule has 0 bridgehead atoms. The van der Waals surface area contributed by atoms with Gasteiger partial charge in [0, 0.05) is 11.4 Å². The van der Waals surface area contributed by atoms with Gasteiger partial charge >= 0.3 is 10.2 Å². The predicted octanol–water partition coefficient (Wildman–Crippen LogP) is 1.55. The molecular formula is C19H21FN6O4S. The Bertz CT molecular complexity index is 1140. The Morgan fingerprint density at radius 1 is 1.13 bits per heavy atom. The molecule has 1 heterocycles. The number of benzene rings is 2. The SMILES string of the molecule is CC1(C)N=C(N)N=C(N)N1c1ccc(OCC(=O)Nc2ccc(S(=O)(=O)F)cc2)cc1. The number of ether oxygens (including phenoxy) is 1. The zero-order valence-electron chi connectivity index (χ0n) is 16.7. The van der Waals surface area contributed by atoms with Crippen LogP contribution in [0.1, 0.15) is 13.8 Å². The molecule has 5 N–H and O–H groups in total. The number of halogens is 1. The molecule has 0 aromatic heterocycles. The monoisotopic (exact) mass is 448 g/mol. The first kappa shape index (κ1) is 22.0. The molecule has 0 aliphatic carbocycles. The lowest BCUT2D eigenvalue weighted by Gasteiger charge is -2.38. The zero-order valence-corrected chi connectivity index (χ0v) is 17.6. The third-order valence-electron chi connectivity index (χ3n) is 4.28. The van der Waals surface area contributed by atoms with E-state index in [2.05, 4.69) is 15.3 Å². The highest BCUT2D eigenvalue weighted by molar-refractivity contribution is 7.86. The number of nitrogens with zero attached hydrogens (tertiary/aromatic N) is 3. The Labute approximate surface area is 178 Å². The number of nitrogens with one attached hydrogen (secondary N) is 1. The molecule has 0 fully saturated rings. The average Bonchev–Trinajstić information content (AvgIpc) is 2.65. The highest BCUT2D eigenvalue weighted by Crippen LogP contribution is 2.28. The van der Waals surface area contributed by atoms with Crippen molar-refractivity contribution >= 4 is 39.4 Å². The Balaban J connectivity index is 1.59. The second kappa shape index (κ2) is 8.22. The fourth-order valence-corrected chi connectivity index (χ4v) is 3.45. The summed E-state index contributed by atoms with van der Waals surface area (Å²) in [5.41, 5.74) is 12.0. The first-order valence-corrected chi connectivity index (χ1v) is 10.4. The molecule has 1 aliphatic heterocycles. The van der Waals surface area contributed by atoms with Crippen LogP contribution in [-0.4, -0.2) is 38.5 Å². The molecule has 12 heteroatoms. The van der Waals surface area contributed by atoms with Gasteiger partial charge in [0.2, 0.25) is 11.9 Å². The summed E-state index contributed by atoms with van der Waals surface area (Å²) in [7, 11) is -4.79. The van der Waals surface area contributed by atoms with E-state index >= 15 is 0 Å². The van der Waals surface area contributed by atoms with Crippen molar-refractivity contribution in [3.63, 3.8) is 0 Å². The number of guanidine groups is 2. The van der Waals surface area contributed by atoms with Crippen LogP contribution in [0.15, 0.2) is 63.4 Å². The van der Waals surface area contributed by atoms with E-state index < -0.39 is 26.7 Å². The maximum atomic E-state index is 12.9. The van der Waals surface area contributed by atoms with Crippen LogP contribution in [0.4, 0.5) is 15.3 Å². The summed E-state index contributed by atoms with van der Waals surface area (Å²) in [4.78, 5) is 21.5. The summed E-state index contributed by atoms with van der Waals surface area (Å²) in [6, 6.07) is 11.5. The van der Waals surface area contributed by atoms with Gasteiger partial charge in [-0.25, -0.2) is 4.99 Å². The van der Waals surface area contributed by atoms with E-state index in [1.165, 1.54) is 12.1 Å². The van der Waals surface area contributed by atoms with Crippen molar-refractivity contribution in [3.8, 4) is 5.75 Å². The predicted molar refractivity (Wildman–Crippen MR) is 115 cm³/mol. The van der Waals surface area contributed by atoms with Gasteiger partial charge in [-0.05, 0) is 62.4 Å². The average molecular weight is 448 g/mol. The van der Waals surface area contributed by atoms with Gasteiger partial charge in [0.25, 0.3) is 5.91 Å². The first-order chi connectivity index (χ1) is 14.5. The van der Waals surface area contributed by atoms with E-state index in [4.69, 9.17) is 16.2 Å². The molecule has 1 amide bonds. The number of anilines is 2. The Kier molecular flexibility index (Phi) is 5.84. The van der Waals surface area contributed by atoms with E-state index in [0.29, 0.717) is 17.1 Å². The smallest absolute Gasteiger partial charge is 0.332 e. The normalized spacial score (nSPS) is 15.6. The maximum absolute atomic E-state index is 12.9. The molecule has 0 unspecified atom stereocenters. The van der Waals surface area contributed by atoms with Gasteiger partial charge in [-0.15, -0.1) is 3.89 Å². The van der Waals surface area contributed by atoms with E-state index in [9.17, 15) is 17.1 Å². The minimum atomic E-state index is -4.79. The Hall–Kier alpha value is -3.67. The minimum absolute atomic E-state index is 0.102. The molecule has 2 aromatic rings. The van der Waals surface area contributed by atoms with E-state index in [1.54, 1.807) is 29.2 Å². The van der Waals surface area contributed by atoms with E-state index in [0.717, 1.165) is 12.1 Å². The molecule has 0 radical (unpaired) electrons. The number of carbonyl (C=O) groups excluding carboxylic acids is 1. The van der Waals surface area contributed by atoms with Crippen LogP contribution < -0.4 is 26.4 Å². The molecule has 164 valence electrons. The third kappa shape index (κ3) is 5.28. The van der Waals surface area contributed by atoms with Crippen molar-refractivity contribution in [2.75, 3.05) is 16.8 Å². The summed E-state index contributed by atoms with van der Waals surface area (Å²) in [6.45, 7) is 3.39. The summed E-state index contributed by atoms with van der Waals surface area (Å²) < 4.78 is 40.0. The number of nitrogens with two attached hydrogens (primary N) is 2. The Morgan fingerprint density at radius 2 is 1.74 bits per heavy atom. The van der Waals surface area contributed by atoms with Crippen molar-refractivity contribution in [2.24, 2.45) is 21.5 Å². The third-order valence-corrected chi connectivity index (χ3v) is 5.11. The van der Waals surface area contributed by atoms with Crippen LogP contribution in [0.5, 0.6) is 5.75 Å². The molecule has 0 atom stereocenters. The van der Waals surface area contributed by atoms with Crippen LogP contribution in [0.3, 0.4) is 0 Å². The molecule has 0 saturated carbocycles. The number of amides is 1. The molecule has 1 aliphatic rings. The molecule has 31 heavy (non-hydrogen) atoms. The molecular weight excluding hydrogens is 427 g/mol. The number of hydrogen-bond acceptors (Lipinski definition) is 9. The van der Waals surface area contributed by atoms with Gasteiger partial charge in [0.15, 0.2) is 6.61 Å². The minimum Gasteiger partial charge on any atom is -0.484 e. The van der Waals surface area contributed by atoms with Crippen LogP contribution >= 0.6 is 0 Å². The number of hydrogen-bond donors (Lipinski definition) is 3. The van der Waals surface area contributed by atoms with Crippen molar-refractivity contribution in [1.82, 2.24) is 0 Å². The standard InChI is InChI=1S/C19H21FN6O4S/c1-19(2)25-17(21)24-18(22)26(19)13-5-7-14(8-6-13)30-11-16(27)23-12-3-9-15(10-4-12)31(20,28)29/h3-10H,11H2,1-2H3,(H,23,27)(H4,21,22,24,25). The highest BCUT2D eigenvalue weighted by atomic mass is 32.3. The van der Waals surface area contributed by atoms with Gasteiger partial charge in [0.05, 0.1) is 4.90 Å². The molecule has 10 nitrogen and oxygen atoms in total. The van der Waals surface area contributed by atoms with E-state index in [-0.39, 0.29) is 18.5 Å².